The maximum Gasteiger partial charge on any atom is 0.573 e. The third-order valence-electron chi connectivity index (χ3n) is 2.30. The first kappa shape index (κ1) is 17.3. The van der Waals surface area contributed by atoms with E-state index in [0.29, 0.717) is 6.07 Å². The van der Waals surface area contributed by atoms with E-state index < -0.39 is 34.9 Å². The Labute approximate surface area is 127 Å². The maximum atomic E-state index is 12.1. The minimum Gasteiger partial charge on any atom is -0.478 e. The van der Waals surface area contributed by atoms with Crippen molar-refractivity contribution in [3.05, 3.63) is 35.0 Å². The molecule has 1 aromatic carbocycles. The fourth-order valence-electron chi connectivity index (χ4n) is 1.42. The molecule has 0 heterocycles. The van der Waals surface area contributed by atoms with E-state index in [0.717, 1.165) is 12.1 Å². The van der Waals surface area contributed by atoms with Crippen LogP contribution in [-0.4, -0.2) is 17.4 Å². The molecule has 23 heavy (non-hydrogen) atoms. The number of hydrogen-bond acceptors (Lipinski definition) is 6. The topological polar surface area (TPSA) is 130 Å². The van der Waals surface area contributed by atoms with E-state index in [2.05, 4.69) is 10.1 Å². The highest BCUT2D eigenvalue weighted by Gasteiger charge is 2.31. The molecule has 0 saturated carbocycles. The van der Waals surface area contributed by atoms with Crippen LogP contribution in [0.5, 0.6) is 5.75 Å². The Morgan fingerprint density at radius 2 is 1.78 bits per heavy atom. The van der Waals surface area contributed by atoms with Gasteiger partial charge in [-0.2, -0.15) is 15.8 Å². The van der Waals surface area contributed by atoms with E-state index in [1.54, 1.807) is 0 Å². The molecule has 1 rings (SSSR count). The molecule has 0 unspecified atom stereocenters. The minimum absolute atomic E-state index is 0.286. The SMILES string of the molecule is N#CC(C#N)=C(C#N)Nc1ccc(OC(F)(F)F)cc1C(=O)O. The van der Waals surface area contributed by atoms with E-state index in [1.165, 1.54) is 18.2 Å². The zero-order valence-corrected chi connectivity index (χ0v) is 11.0. The molecule has 116 valence electrons. The highest BCUT2D eigenvalue weighted by Crippen LogP contribution is 2.28. The summed E-state index contributed by atoms with van der Waals surface area (Å²) < 4.78 is 40.0. The second-order valence-electron chi connectivity index (χ2n) is 3.77. The monoisotopic (exact) mass is 322 g/mol. The van der Waals surface area contributed by atoms with Gasteiger partial charge in [0.1, 0.15) is 29.7 Å². The number of rotatable bonds is 4. The van der Waals surface area contributed by atoms with Gasteiger partial charge in [0.05, 0.1) is 11.3 Å². The molecule has 0 atom stereocenters. The number of halogens is 3. The lowest BCUT2D eigenvalue weighted by Gasteiger charge is -2.12. The van der Waals surface area contributed by atoms with Crippen molar-refractivity contribution in [2.24, 2.45) is 0 Å². The number of ether oxygens (including phenoxy) is 1. The van der Waals surface area contributed by atoms with Gasteiger partial charge in [0.2, 0.25) is 0 Å². The molecular weight excluding hydrogens is 317 g/mol. The molecule has 0 saturated heterocycles. The van der Waals surface area contributed by atoms with E-state index >= 15 is 0 Å². The first-order chi connectivity index (χ1) is 10.7. The molecule has 0 bridgehead atoms. The number of aromatic carboxylic acids is 1. The van der Waals surface area contributed by atoms with Gasteiger partial charge in [0, 0.05) is 0 Å². The van der Waals surface area contributed by atoms with Crippen molar-refractivity contribution in [1.82, 2.24) is 0 Å². The molecule has 0 amide bonds. The van der Waals surface area contributed by atoms with E-state index in [4.69, 9.17) is 20.9 Å². The predicted molar refractivity (Wildman–Crippen MR) is 67.6 cm³/mol. The van der Waals surface area contributed by atoms with Gasteiger partial charge in [-0.15, -0.1) is 13.2 Å². The highest BCUT2D eigenvalue weighted by molar-refractivity contribution is 5.95. The van der Waals surface area contributed by atoms with Gasteiger partial charge in [-0.3, -0.25) is 0 Å². The summed E-state index contributed by atoms with van der Waals surface area (Å²) in [7, 11) is 0. The van der Waals surface area contributed by atoms with Crippen molar-refractivity contribution in [3.63, 3.8) is 0 Å². The molecule has 2 N–H and O–H groups in total. The number of benzene rings is 1. The fraction of sp³-hybridized carbons (Fsp3) is 0.0769. The van der Waals surface area contributed by atoms with Crippen LogP contribution in [0, 0.1) is 34.0 Å². The lowest BCUT2D eigenvalue weighted by Crippen LogP contribution is -2.17. The highest BCUT2D eigenvalue weighted by atomic mass is 19.4. The molecular formula is C13H5F3N4O3. The van der Waals surface area contributed by atoms with Gasteiger partial charge >= 0.3 is 12.3 Å². The summed E-state index contributed by atoms with van der Waals surface area (Å²) in [6.07, 6.45) is -5.00. The van der Waals surface area contributed by atoms with Gasteiger partial charge in [0.15, 0.2) is 5.57 Å². The Morgan fingerprint density at radius 1 is 1.17 bits per heavy atom. The van der Waals surface area contributed by atoms with Crippen LogP contribution < -0.4 is 10.1 Å². The van der Waals surface area contributed by atoms with Crippen LogP contribution in [0.1, 0.15) is 10.4 Å². The Bertz CT molecular complexity index is 779. The number of alkyl halides is 3. The largest absolute Gasteiger partial charge is 0.573 e. The quantitative estimate of drug-likeness (QED) is 0.814. The Balaban J connectivity index is 3.32. The molecule has 0 aromatic heterocycles. The van der Waals surface area contributed by atoms with Crippen molar-refractivity contribution < 1.29 is 27.8 Å². The van der Waals surface area contributed by atoms with E-state index in [1.807, 2.05) is 0 Å². The van der Waals surface area contributed by atoms with Crippen molar-refractivity contribution in [1.29, 1.82) is 15.8 Å². The van der Waals surface area contributed by atoms with Crippen molar-refractivity contribution in [2.45, 2.75) is 6.36 Å². The molecule has 0 aliphatic carbocycles. The number of nitrogens with one attached hydrogen (secondary N) is 1. The van der Waals surface area contributed by atoms with E-state index in [9.17, 15) is 18.0 Å². The van der Waals surface area contributed by atoms with Crippen LogP contribution in [0.4, 0.5) is 18.9 Å². The predicted octanol–water partition coefficient (Wildman–Crippen LogP) is 2.52. The van der Waals surface area contributed by atoms with Crippen LogP contribution in [0.15, 0.2) is 29.5 Å². The summed E-state index contributed by atoms with van der Waals surface area (Å²) in [5.41, 5.74) is -2.08. The summed E-state index contributed by atoms with van der Waals surface area (Å²) in [4.78, 5) is 11.1. The van der Waals surface area contributed by atoms with Crippen LogP contribution in [0.25, 0.3) is 0 Å². The first-order valence-corrected chi connectivity index (χ1v) is 5.56. The standard InChI is InChI=1S/C13H5F3N4O3/c14-13(15,16)23-8-1-2-10(9(3-8)12(21)22)20-11(6-19)7(4-17)5-18/h1-3,20H,(H,21,22). The molecule has 0 fully saturated rings. The number of nitrogens with zero attached hydrogens (tertiary/aromatic N) is 3. The zero-order chi connectivity index (χ0) is 17.6. The lowest BCUT2D eigenvalue weighted by molar-refractivity contribution is -0.274. The fourth-order valence-corrected chi connectivity index (χ4v) is 1.42. The third-order valence-corrected chi connectivity index (χ3v) is 2.30. The normalized spacial score (nSPS) is 9.74. The maximum absolute atomic E-state index is 12.1. The number of hydrogen-bond donors (Lipinski definition) is 2. The molecule has 0 aliphatic heterocycles. The summed E-state index contributed by atoms with van der Waals surface area (Å²) in [6.45, 7) is 0. The number of nitriles is 3. The Kier molecular flexibility index (Phi) is 5.15. The van der Waals surface area contributed by atoms with Gasteiger partial charge in [-0.25, -0.2) is 4.79 Å². The second kappa shape index (κ2) is 6.83. The van der Waals surface area contributed by atoms with Gasteiger partial charge in [-0.05, 0) is 18.2 Å². The van der Waals surface area contributed by atoms with Gasteiger partial charge in [0.25, 0.3) is 0 Å². The molecule has 0 aliphatic rings. The van der Waals surface area contributed by atoms with Crippen molar-refractivity contribution >= 4 is 11.7 Å². The van der Waals surface area contributed by atoms with Crippen LogP contribution in [0.2, 0.25) is 0 Å². The van der Waals surface area contributed by atoms with Gasteiger partial charge in [-0.1, -0.05) is 0 Å². The molecule has 1 aromatic rings. The molecule has 0 radical (unpaired) electrons. The summed E-state index contributed by atoms with van der Waals surface area (Å²) in [5, 5.41) is 37.5. The van der Waals surface area contributed by atoms with Crippen molar-refractivity contribution in [2.75, 3.05) is 5.32 Å². The average Bonchev–Trinajstić information content (AvgIpc) is 2.46. The number of anilines is 1. The number of carboxylic acid groups (broad SMARTS) is 1. The summed E-state index contributed by atoms with van der Waals surface area (Å²) in [5.74, 6) is -2.38. The Morgan fingerprint density at radius 3 is 2.22 bits per heavy atom. The number of allylic oxidation sites excluding steroid dienone is 2. The smallest absolute Gasteiger partial charge is 0.478 e. The van der Waals surface area contributed by atoms with Crippen LogP contribution >= 0.6 is 0 Å². The summed E-state index contributed by atoms with van der Waals surface area (Å²) >= 11 is 0. The number of carboxylic acids is 1. The van der Waals surface area contributed by atoms with Gasteiger partial charge < -0.3 is 15.2 Å². The first-order valence-electron chi connectivity index (χ1n) is 5.56. The molecule has 10 heteroatoms. The summed E-state index contributed by atoms with van der Waals surface area (Å²) in [6, 6.07) is 6.66. The lowest BCUT2D eigenvalue weighted by atomic mass is 10.1. The molecule has 7 nitrogen and oxygen atoms in total. The number of carbonyl (C=O) groups is 1. The van der Waals surface area contributed by atoms with Crippen LogP contribution in [-0.2, 0) is 0 Å². The zero-order valence-electron chi connectivity index (χ0n) is 11.0. The van der Waals surface area contributed by atoms with E-state index in [-0.39, 0.29) is 5.69 Å². The third kappa shape index (κ3) is 4.66. The van der Waals surface area contributed by atoms with Crippen LogP contribution in [0.3, 0.4) is 0 Å². The Hall–Kier alpha value is -3.71. The molecule has 0 spiro atoms. The minimum atomic E-state index is -5.00. The second-order valence-corrected chi connectivity index (χ2v) is 3.77. The average molecular weight is 322 g/mol. The van der Waals surface area contributed by atoms with Crippen molar-refractivity contribution in [3.8, 4) is 24.0 Å².